The van der Waals surface area contributed by atoms with E-state index in [1.165, 1.54) is 30.3 Å². The van der Waals surface area contributed by atoms with Gasteiger partial charge in [-0.2, -0.15) is 0 Å². The summed E-state index contributed by atoms with van der Waals surface area (Å²) >= 11 is 3.27. The predicted octanol–water partition coefficient (Wildman–Crippen LogP) is 3.92. The van der Waals surface area contributed by atoms with Crippen molar-refractivity contribution >= 4 is 25.8 Å². The number of hydrogen-bond donors (Lipinski definition) is 0. The van der Waals surface area contributed by atoms with Gasteiger partial charge in [0.05, 0.1) is 4.90 Å². The molecule has 2 rings (SSSR count). The largest absolute Gasteiger partial charge is 0.457 e. The number of rotatable bonds is 4. The molecule has 0 radical (unpaired) electrons. The average molecular weight is 359 g/mol. The minimum absolute atomic E-state index is 0.227. The molecule has 2 aromatic carbocycles. The molecule has 3 nitrogen and oxygen atoms in total. The van der Waals surface area contributed by atoms with Crippen molar-refractivity contribution < 1.29 is 17.5 Å². The summed E-state index contributed by atoms with van der Waals surface area (Å²) < 4.78 is 41.4. The Labute approximate surface area is 125 Å². The highest BCUT2D eigenvalue weighted by molar-refractivity contribution is 9.08. The SMILES string of the molecule is CS(=O)(=O)c1ccc(Oc2ccc(F)cc2CBr)cc1. The number of sulfone groups is 1. The maximum Gasteiger partial charge on any atom is 0.175 e. The van der Waals surface area contributed by atoms with E-state index in [9.17, 15) is 12.8 Å². The number of hydrogen-bond acceptors (Lipinski definition) is 3. The van der Waals surface area contributed by atoms with Gasteiger partial charge in [0.15, 0.2) is 9.84 Å². The van der Waals surface area contributed by atoms with E-state index in [2.05, 4.69) is 15.9 Å². The standard InChI is InChI=1S/C14H12BrFO3S/c1-20(17,18)13-5-3-12(4-6-13)19-14-7-2-11(16)8-10(14)9-15/h2-8H,9H2,1H3. The molecule has 0 aromatic heterocycles. The van der Waals surface area contributed by atoms with E-state index >= 15 is 0 Å². The Bertz CT molecular complexity index is 712. The van der Waals surface area contributed by atoms with Gasteiger partial charge in [-0.3, -0.25) is 0 Å². The van der Waals surface area contributed by atoms with Crippen molar-refractivity contribution in [2.45, 2.75) is 10.2 Å². The Morgan fingerprint density at radius 3 is 2.35 bits per heavy atom. The van der Waals surface area contributed by atoms with Crippen molar-refractivity contribution in [2.24, 2.45) is 0 Å². The minimum atomic E-state index is -3.22. The molecule has 20 heavy (non-hydrogen) atoms. The van der Waals surface area contributed by atoms with Crippen LogP contribution >= 0.6 is 15.9 Å². The third-order valence-corrected chi connectivity index (χ3v) is 4.38. The first-order valence-electron chi connectivity index (χ1n) is 5.72. The van der Waals surface area contributed by atoms with Gasteiger partial charge in [0.25, 0.3) is 0 Å². The van der Waals surface area contributed by atoms with Crippen molar-refractivity contribution in [1.82, 2.24) is 0 Å². The molecule has 0 aliphatic rings. The smallest absolute Gasteiger partial charge is 0.175 e. The van der Waals surface area contributed by atoms with Crippen LogP contribution in [0, 0.1) is 5.82 Å². The molecule has 0 saturated heterocycles. The quantitative estimate of drug-likeness (QED) is 0.778. The van der Waals surface area contributed by atoms with E-state index < -0.39 is 9.84 Å². The van der Waals surface area contributed by atoms with E-state index in [4.69, 9.17) is 4.74 Å². The zero-order chi connectivity index (χ0) is 14.8. The molecular weight excluding hydrogens is 347 g/mol. The highest BCUT2D eigenvalue weighted by Crippen LogP contribution is 2.28. The second-order valence-corrected chi connectivity index (χ2v) is 6.81. The zero-order valence-electron chi connectivity index (χ0n) is 10.6. The third kappa shape index (κ3) is 3.58. The Morgan fingerprint density at radius 2 is 1.80 bits per heavy atom. The van der Waals surface area contributed by atoms with Crippen LogP contribution in [0.3, 0.4) is 0 Å². The molecular formula is C14H12BrFO3S. The van der Waals surface area contributed by atoms with Crippen molar-refractivity contribution in [3.05, 3.63) is 53.8 Å². The molecule has 0 spiro atoms. The predicted molar refractivity (Wildman–Crippen MR) is 78.7 cm³/mol. The molecule has 0 atom stereocenters. The van der Waals surface area contributed by atoms with Crippen LogP contribution in [0.5, 0.6) is 11.5 Å². The second kappa shape index (κ2) is 5.93. The molecule has 0 aliphatic carbocycles. The van der Waals surface area contributed by atoms with Gasteiger partial charge in [0, 0.05) is 17.1 Å². The molecule has 0 heterocycles. The first-order chi connectivity index (χ1) is 9.40. The Morgan fingerprint density at radius 1 is 1.15 bits per heavy atom. The topological polar surface area (TPSA) is 43.4 Å². The van der Waals surface area contributed by atoms with E-state index in [1.54, 1.807) is 12.1 Å². The molecule has 2 aromatic rings. The van der Waals surface area contributed by atoms with Crippen LogP contribution in [0.1, 0.15) is 5.56 Å². The van der Waals surface area contributed by atoms with Crippen LogP contribution in [-0.2, 0) is 15.2 Å². The van der Waals surface area contributed by atoms with Gasteiger partial charge in [-0.05, 0) is 42.5 Å². The Balaban J connectivity index is 2.27. The Hall–Kier alpha value is -1.40. The van der Waals surface area contributed by atoms with Gasteiger partial charge in [0.1, 0.15) is 17.3 Å². The lowest BCUT2D eigenvalue weighted by atomic mass is 10.2. The summed E-state index contributed by atoms with van der Waals surface area (Å²) in [5, 5.41) is 0.460. The van der Waals surface area contributed by atoms with Crippen LogP contribution in [0.4, 0.5) is 4.39 Å². The van der Waals surface area contributed by atoms with Crippen molar-refractivity contribution in [2.75, 3.05) is 6.26 Å². The summed E-state index contributed by atoms with van der Waals surface area (Å²) in [5.74, 6) is 0.681. The summed E-state index contributed by atoms with van der Waals surface area (Å²) in [4.78, 5) is 0.227. The van der Waals surface area contributed by atoms with Crippen LogP contribution < -0.4 is 4.74 Å². The summed E-state index contributed by atoms with van der Waals surface area (Å²) in [5.41, 5.74) is 0.678. The van der Waals surface area contributed by atoms with E-state index in [0.717, 1.165) is 6.26 Å². The fourth-order valence-electron chi connectivity index (χ4n) is 1.63. The van der Waals surface area contributed by atoms with Crippen LogP contribution in [0.15, 0.2) is 47.4 Å². The second-order valence-electron chi connectivity index (χ2n) is 4.23. The molecule has 0 aliphatic heterocycles. The van der Waals surface area contributed by atoms with Crippen molar-refractivity contribution in [3.8, 4) is 11.5 Å². The van der Waals surface area contributed by atoms with Gasteiger partial charge in [0.2, 0.25) is 0 Å². The van der Waals surface area contributed by atoms with Gasteiger partial charge in [-0.1, -0.05) is 15.9 Å². The van der Waals surface area contributed by atoms with Crippen molar-refractivity contribution in [3.63, 3.8) is 0 Å². The normalized spacial score (nSPS) is 11.3. The van der Waals surface area contributed by atoms with E-state index in [1.807, 2.05) is 0 Å². The summed E-state index contributed by atoms with van der Waals surface area (Å²) in [6, 6.07) is 10.3. The fourth-order valence-corrected chi connectivity index (χ4v) is 2.70. The van der Waals surface area contributed by atoms with Crippen molar-refractivity contribution in [1.29, 1.82) is 0 Å². The van der Waals surface area contributed by atoms with Gasteiger partial charge in [-0.15, -0.1) is 0 Å². The Kier molecular flexibility index (Phi) is 4.45. The first kappa shape index (κ1) is 15.0. The molecule has 0 unspecified atom stereocenters. The molecule has 0 bridgehead atoms. The lowest BCUT2D eigenvalue weighted by molar-refractivity contribution is 0.475. The van der Waals surface area contributed by atoms with Crippen LogP contribution in [-0.4, -0.2) is 14.7 Å². The summed E-state index contributed by atoms with van der Waals surface area (Å²) in [6.07, 6.45) is 1.14. The van der Waals surface area contributed by atoms with E-state index in [0.29, 0.717) is 22.4 Å². The molecule has 6 heteroatoms. The zero-order valence-corrected chi connectivity index (χ0v) is 13.0. The van der Waals surface area contributed by atoms with Gasteiger partial charge >= 0.3 is 0 Å². The van der Waals surface area contributed by atoms with Gasteiger partial charge in [-0.25, -0.2) is 12.8 Å². The summed E-state index contributed by atoms with van der Waals surface area (Å²) in [6.45, 7) is 0. The highest BCUT2D eigenvalue weighted by Gasteiger charge is 2.09. The van der Waals surface area contributed by atoms with Crippen LogP contribution in [0.25, 0.3) is 0 Å². The summed E-state index contributed by atoms with van der Waals surface area (Å²) in [7, 11) is -3.22. The lowest BCUT2D eigenvalue weighted by Gasteiger charge is -2.10. The third-order valence-electron chi connectivity index (χ3n) is 2.65. The minimum Gasteiger partial charge on any atom is -0.457 e. The number of ether oxygens (including phenoxy) is 1. The van der Waals surface area contributed by atoms with E-state index in [-0.39, 0.29) is 10.7 Å². The molecule has 106 valence electrons. The molecule has 0 amide bonds. The molecule has 0 fully saturated rings. The highest BCUT2D eigenvalue weighted by atomic mass is 79.9. The molecule has 0 saturated carbocycles. The monoisotopic (exact) mass is 358 g/mol. The van der Waals surface area contributed by atoms with Crippen LogP contribution in [0.2, 0.25) is 0 Å². The number of halogens is 2. The lowest BCUT2D eigenvalue weighted by Crippen LogP contribution is -1.96. The first-order valence-corrected chi connectivity index (χ1v) is 8.74. The maximum atomic E-state index is 13.1. The average Bonchev–Trinajstić information content (AvgIpc) is 2.40. The maximum absolute atomic E-state index is 13.1. The molecule has 0 N–H and O–H groups in total. The number of benzene rings is 2. The number of alkyl halides is 1. The van der Waals surface area contributed by atoms with Gasteiger partial charge < -0.3 is 4.74 Å². The fraction of sp³-hybridized carbons (Fsp3) is 0.143.